The molecule has 0 radical (unpaired) electrons. The summed E-state index contributed by atoms with van der Waals surface area (Å²) in [5.74, 6) is 0.460. The monoisotopic (exact) mass is 438 g/mol. The van der Waals surface area contributed by atoms with Crippen molar-refractivity contribution in [3.05, 3.63) is 35.6 Å². The quantitative estimate of drug-likeness (QED) is 0.624. The van der Waals surface area contributed by atoms with Crippen molar-refractivity contribution < 1.29 is 17.6 Å². The van der Waals surface area contributed by atoms with Gasteiger partial charge >= 0.3 is 0 Å². The lowest BCUT2D eigenvalue weighted by Crippen LogP contribution is -2.52. The third-order valence-corrected chi connectivity index (χ3v) is 7.85. The van der Waals surface area contributed by atoms with E-state index in [0.717, 1.165) is 18.2 Å². The Morgan fingerprint density at radius 1 is 1.20 bits per heavy atom. The number of likely N-dealkylation sites (tertiary alicyclic amines) is 1. The van der Waals surface area contributed by atoms with Crippen LogP contribution in [-0.2, 0) is 20.2 Å². The van der Waals surface area contributed by atoms with Crippen molar-refractivity contribution in [3.8, 4) is 0 Å². The van der Waals surface area contributed by atoms with Gasteiger partial charge in [0.05, 0.1) is 6.26 Å². The minimum Gasteiger partial charge on any atom is -0.340 e. The van der Waals surface area contributed by atoms with Gasteiger partial charge in [-0.1, -0.05) is 31.4 Å². The second kappa shape index (κ2) is 9.77. The molecule has 1 saturated carbocycles. The Balaban J connectivity index is 1.73. The summed E-state index contributed by atoms with van der Waals surface area (Å²) in [6.07, 6.45) is 9.90. The van der Waals surface area contributed by atoms with Crippen molar-refractivity contribution >= 4 is 15.9 Å². The maximum atomic E-state index is 13.5. The summed E-state index contributed by atoms with van der Waals surface area (Å²) in [5, 5.41) is 0. The molecule has 1 unspecified atom stereocenters. The van der Waals surface area contributed by atoms with Gasteiger partial charge in [0, 0.05) is 31.0 Å². The number of nitrogens with one attached hydrogen (secondary N) is 1. The highest BCUT2D eigenvalue weighted by molar-refractivity contribution is 7.88. The van der Waals surface area contributed by atoms with Gasteiger partial charge < -0.3 is 4.90 Å². The van der Waals surface area contributed by atoms with E-state index in [-0.39, 0.29) is 23.2 Å². The number of hydrogen-bond acceptors (Lipinski definition) is 3. The van der Waals surface area contributed by atoms with Gasteiger partial charge in [0.2, 0.25) is 15.9 Å². The standard InChI is InChI=1S/C23H35FN2O3S/c1-18(19-7-4-3-5-8-19)26-16-14-23(17-22(26)27,13-6-15-25-30(2,28)29)20-9-11-21(24)12-10-20/h9-12,18-19,25H,3-8,13-17H2,1-2H3/t18-,23?/m0/s1. The average molecular weight is 439 g/mol. The lowest BCUT2D eigenvalue weighted by atomic mass is 9.69. The van der Waals surface area contributed by atoms with Crippen LogP contribution in [0.4, 0.5) is 4.39 Å². The molecule has 1 amide bonds. The normalized spacial score (nSPS) is 24.8. The first-order valence-corrected chi connectivity index (χ1v) is 13.1. The van der Waals surface area contributed by atoms with Crippen LogP contribution in [0.15, 0.2) is 24.3 Å². The second-order valence-electron chi connectivity index (χ2n) is 9.21. The zero-order chi connectivity index (χ0) is 21.8. The van der Waals surface area contributed by atoms with Crippen molar-refractivity contribution in [2.75, 3.05) is 19.3 Å². The molecule has 7 heteroatoms. The Morgan fingerprint density at radius 3 is 2.47 bits per heavy atom. The summed E-state index contributed by atoms with van der Waals surface area (Å²) in [6, 6.07) is 6.73. The smallest absolute Gasteiger partial charge is 0.223 e. The third kappa shape index (κ3) is 5.82. The molecule has 2 fully saturated rings. The fourth-order valence-electron chi connectivity index (χ4n) is 5.33. The molecular formula is C23H35FN2O3S. The summed E-state index contributed by atoms with van der Waals surface area (Å²) in [5.41, 5.74) is 0.605. The molecule has 0 aromatic heterocycles. The number of sulfonamides is 1. The predicted octanol–water partition coefficient (Wildman–Crippen LogP) is 3.98. The molecule has 2 atom stereocenters. The van der Waals surface area contributed by atoms with E-state index in [2.05, 4.69) is 16.5 Å². The molecule has 3 rings (SSSR count). The van der Waals surface area contributed by atoms with Crippen LogP contribution in [0.2, 0.25) is 0 Å². The zero-order valence-electron chi connectivity index (χ0n) is 18.2. The van der Waals surface area contributed by atoms with Crippen molar-refractivity contribution in [2.45, 2.75) is 76.2 Å². The fourth-order valence-corrected chi connectivity index (χ4v) is 5.85. The van der Waals surface area contributed by atoms with Gasteiger partial charge in [-0.15, -0.1) is 0 Å². The third-order valence-electron chi connectivity index (χ3n) is 7.12. The number of amides is 1. The number of carbonyl (C=O) groups is 1. The van der Waals surface area contributed by atoms with Gasteiger partial charge in [0.15, 0.2) is 0 Å². The van der Waals surface area contributed by atoms with Gasteiger partial charge in [0.25, 0.3) is 0 Å². The second-order valence-corrected chi connectivity index (χ2v) is 11.0. The van der Waals surface area contributed by atoms with E-state index >= 15 is 0 Å². The number of carbonyl (C=O) groups excluding carboxylic acids is 1. The molecule has 0 bridgehead atoms. The predicted molar refractivity (Wildman–Crippen MR) is 117 cm³/mol. The van der Waals surface area contributed by atoms with Crippen LogP contribution in [0.3, 0.4) is 0 Å². The number of rotatable bonds is 8. The van der Waals surface area contributed by atoms with E-state index in [1.54, 1.807) is 12.1 Å². The Labute approximate surface area is 180 Å². The summed E-state index contributed by atoms with van der Waals surface area (Å²) in [4.78, 5) is 15.3. The average Bonchev–Trinajstić information content (AvgIpc) is 2.71. The lowest BCUT2D eigenvalue weighted by molar-refractivity contribution is -0.140. The van der Waals surface area contributed by atoms with E-state index < -0.39 is 10.0 Å². The highest BCUT2D eigenvalue weighted by atomic mass is 32.2. The first-order chi connectivity index (χ1) is 14.2. The molecule has 1 saturated heterocycles. The van der Waals surface area contributed by atoms with Gasteiger partial charge in [-0.25, -0.2) is 17.5 Å². The molecule has 168 valence electrons. The molecule has 5 nitrogen and oxygen atoms in total. The Morgan fingerprint density at radius 2 is 1.87 bits per heavy atom. The first kappa shape index (κ1) is 23.2. The molecule has 1 N–H and O–H groups in total. The van der Waals surface area contributed by atoms with E-state index in [0.29, 0.717) is 38.3 Å². The van der Waals surface area contributed by atoms with Crippen LogP contribution in [0.25, 0.3) is 0 Å². The van der Waals surface area contributed by atoms with Crippen LogP contribution < -0.4 is 4.72 Å². The number of piperidine rings is 1. The Hall–Kier alpha value is -1.47. The maximum Gasteiger partial charge on any atom is 0.223 e. The van der Waals surface area contributed by atoms with Crippen molar-refractivity contribution in [1.82, 2.24) is 9.62 Å². The Kier molecular flexibility index (Phi) is 7.56. The maximum absolute atomic E-state index is 13.5. The first-order valence-electron chi connectivity index (χ1n) is 11.2. The van der Waals surface area contributed by atoms with E-state index in [1.807, 2.05) is 0 Å². The molecule has 1 aromatic rings. The van der Waals surface area contributed by atoms with Crippen LogP contribution in [-0.4, -0.2) is 44.6 Å². The topological polar surface area (TPSA) is 66.5 Å². The molecule has 1 aromatic carbocycles. The largest absolute Gasteiger partial charge is 0.340 e. The number of nitrogens with zero attached hydrogens (tertiary/aromatic N) is 1. The number of benzene rings is 1. The minimum absolute atomic E-state index is 0.166. The summed E-state index contributed by atoms with van der Waals surface area (Å²) in [6.45, 7) is 3.24. The minimum atomic E-state index is -3.24. The molecule has 30 heavy (non-hydrogen) atoms. The van der Waals surface area contributed by atoms with Crippen molar-refractivity contribution in [3.63, 3.8) is 0 Å². The SMILES string of the molecule is C[C@@H](C1CCCCC1)N1CCC(CCCNS(C)(=O)=O)(c2ccc(F)cc2)CC1=O. The van der Waals surface area contributed by atoms with Crippen LogP contribution in [0, 0.1) is 11.7 Å². The van der Waals surface area contributed by atoms with Gasteiger partial charge in [-0.3, -0.25) is 4.79 Å². The zero-order valence-corrected chi connectivity index (χ0v) is 19.0. The fraction of sp³-hybridized carbons (Fsp3) is 0.696. The van der Waals surface area contributed by atoms with Gasteiger partial charge in [-0.05, 0) is 62.6 Å². The summed E-state index contributed by atoms with van der Waals surface area (Å²) in [7, 11) is -3.24. The molecule has 1 aliphatic heterocycles. The van der Waals surface area contributed by atoms with Crippen LogP contribution in [0.1, 0.15) is 70.3 Å². The highest BCUT2D eigenvalue weighted by Crippen LogP contribution is 2.42. The van der Waals surface area contributed by atoms with E-state index in [4.69, 9.17) is 0 Å². The molecule has 1 aliphatic carbocycles. The molecular weight excluding hydrogens is 403 g/mol. The van der Waals surface area contributed by atoms with E-state index in [1.165, 1.54) is 44.2 Å². The lowest BCUT2D eigenvalue weighted by Gasteiger charge is -2.46. The highest BCUT2D eigenvalue weighted by Gasteiger charge is 2.42. The van der Waals surface area contributed by atoms with E-state index in [9.17, 15) is 17.6 Å². The summed E-state index contributed by atoms with van der Waals surface area (Å²) >= 11 is 0. The van der Waals surface area contributed by atoms with Crippen LogP contribution >= 0.6 is 0 Å². The number of hydrogen-bond donors (Lipinski definition) is 1. The Bertz CT molecular complexity index is 821. The van der Waals surface area contributed by atoms with Crippen molar-refractivity contribution in [1.29, 1.82) is 0 Å². The molecule has 0 spiro atoms. The van der Waals surface area contributed by atoms with Crippen molar-refractivity contribution in [2.24, 2.45) is 5.92 Å². The summed E-state index contributed by atoms with van der Waals surface area (Å²) < 4.78 is 38.8. The van der Waals surface area contributed by atoms with Gasteiger partial charge in [-0.2, -0.15) is 0 Å². The molecule has 1 heterocycles. The van der Waals surface area contributed by atoms with Crippen LogP contribution in [0.5, 0.6) is 0 Å². The molecule has 2 aliphatic rings. The number of halogens is 1. The van der Waals surface area contributed by atoms with Gasteiger partial charge in [0.1, 0.15) is 5.82 Å².